The third kappa shape index (κ3) is 42.4. The molecule has 0 fully saturated rings. The number of pyridine rings is 6. The van der Waals surface area contributed by atoms with Crippen molar-refractivity contribution in [3.8, 4) is 67.4 Å². The first-order valence-corrected chi connectivity index (χ1v) is 46.8. The van der Waals surface area contributed by atoms with Crippen LogP contribution in [0.5, 0.6) is 0 Å². The molecule has 19 rings (SSSR count). The van der Waals surface area contributed by atoms with Gasteiger partial charge in [0.05, 0.1) is 28.6 Å². The van der Waals surface area contributed by atoms with E-state index in [0.29, 0.717) is 33.4 Å². The number of carbonyl (C=O) groups excluding carboxylic acids is 7. The number of hydrogen-bond donors (Lipinski definition) is 4. The molecule has 1 aliphatic carbocycles. The fourth-order valence-electron chi connectivity index (χ4n) is 14.3. The zero-order chi connectivity index (χ0) is 104. The van der Waals surface area contributed by atoms with Gasteiger partial charge >= 0.3 is 0 Å². The van der Waals surface area contributed by atoms with Gasteiger partial charge in [-0.3, -0.25) is 44.6 Å². The molecule has 771 valence electrons. The standard InChI is InChI=1S/C22H20NO.C21H14N.2C18H12NO.C15H10N.C14H12N.4C5H8O2.5Ir/c1-22(2,3)19-12-9-16(10-13-19)20-14-11-18(15-23-20)21(24)17-7-5-4-6-8-17;1-3-9-16(10-4-1)19-15-21(17-11-5-2-6-12-17)22-20-14-8-7-13-18(19)20;20-18(15-9-5-2-6-10-15)16-11-12-17(19-13-16)14-7-3-1-4-8-14;20-18(15-6-2-1-3-7-15)16-11-9-14(10-12-16)17-8-4-5-13-19-17;1-2-7-13(8-3-1)15-14-9-5-4-6-12(14)10-11-16-15;1-2-6-11(5-1)14-10-9-12-7-3-4-8-13(12)15-14;4*1-4(6)3-5(2)7;;;;;/h4-9,11-15H,1-3H3;1-11,13-15H;1-7,9-13H;1-9,11-13H;1-7,9-11H;3-4,7-10H,1-2,5H2;4*3,6H,1-2H3;;;;;/q6*-1;;;;;;;;;. The number of aliphatic hydroxyl groups is 4. The molecule has 6 heterocycles. The van der Waals surface area contributed by atoms with E-state index in [2.05, 4.69) is 173 Å². The molecular formula is C128H112Ir5N6O11-6. The molecule has 0 unspecified atom stereocenters. The first kappa shape index (κ1) is 126. The molecule has 5 radical (unpaired) electrons. The van der Waals surface area contributed by atoms with Gasteiger partial charge in [0.1, 0.15) is 0 Å². The van der Waals surface area contributed by atoms with Crippen LogP contribution in [0.3, 0.4) is 0 Å². The number of aliphatic hydroxyl groups excluding tert-OH is 4. The van der Waals surface area contributed by atoms with Crippen LogP contribution in [0.25, 0.3) is 106 Å². The number of carbonyl (C=O) groups is 7. The normalized spacial score (nSPS) is 10.9. The monoisotopic (exact) mass is 2870 g/mol. The number of hydrogen-bond acceptors (Lipinski definition) is 17. The number of nitrogens with zero attached hydrogens (tertiary/aromatic N) is 6. The first-order valence-electron chi connectivity index (χ1n) is 46.8. The van der Waals surface area contributed by atoms with Gasteiger partial charge in [0.2, 0.25) is 0 Å². The molecule has 0 spiro atoms. The molecule has 17 nitrogen and oxygen atoms in total. The maximum absolute atomic E-state index is 12.4. The smallest absolute Gasteiger partial charge is 0.194 e. The summed E-state index contributed by atoms with van der Waals surface area (Å²) in [6, 6.07) is 136. The number of benzene rings is 12. The molecule has 0 amide bonds. The molecule has 6 aromatic heterocycles. The summed E-state index contributed by atoms with van der Waals surface area (Å²) in [6.07, 6.45) is 18.3. The molecule has 0 atom stereocenters. The Morgan fingerprint density at radius 3 is 1.10 bits per heavy atom. The van der Waals surface area contributed by atoms with Crippen LogP contribution in [0, 0.1) is 36.4 Å². The molecule has 22 heteroatoms. The molecule has 0 saturated carbocycles. The zero-order valence-corrected chi connectivity index (χ0v) is 96.4. The molecule has 0 aliphatic heterocycles. The van der Waals surface area contributed by atoms with Crippen LogP contribution in [-0.2, 0) is 125 Å². The largest absolute Gasteiger partial charge is 0.512 e. The first-order chi connectivity index (χ1) is 69.9. The second-order valence-corrected chi connectivity index (χ2v) is 34.0. The Bertz CT molecular complexity index is 7200. The Morgan fingerprint density at radius 2 is 0.693 bits per heavy atom. The van der Waals surface area contributed by atoms with Gasteiger partial charge in [0.15, 0.2) is 40.5 Å². The second-order valence-electron chi connectivity index (χ2n) is 34.0. The minimum atomic E-state index is -0.125. The van der Waals surface area contributed by atoms with E-state index in [0.717, 1.165) is 85.9 Å². The number of para-hydroxylation sites is 2. The predicted molar refractivity (Wildman–Crippen MR) is 582 cm³/mol. The Morgan fingerprint density at radius 1 is 0.307 bits per heavy atom. The second kappa shape index (κ2) is 66.5. The van der Waals surface area contributed by atoms with E-state index in [1.807, 2.05) is 261 Å². The number of fused-ring (bicyclic) bond motifs is 3. The van der Waals surface area contributed by atoms with Gasteiger partial charge in [-0.15, -0.1) is 185 Å². The van der Waals surface area contributed by atoms with Crippen molar-refractivity contribution in [2.45, 2.75) is 101 Å². The van der Waals surface area contributed by atoms with Crippen molar-refractivity contribution in [3.63, 3.8) is 0 Å². The van der Waals surface area contributed by atoms with Crippen molar-refractivity contribution in [1.29, 1.82) is 0 Å². The van der Waals surface area contributed by atoms with Gasteiger partial charge in [-0.25, -0.2) is 0 Å². The van der Waals surface area contributed by atoms with Crippen molar-refractivity contribution in [2.24, 2.45) is 0 Å². The van der Waals surface area contributed by atoms with E-state index in [4.69, 9.17) is 25.4 Å². The van der Waals surface area contributed by atoms with Crippen molar-refractivity contribution < 1.29 is 155 Å². The predicted octanol–water partition coefficient (Wildman–Crippen LogP) is 29.4. The van der Waals surface area contributed by atoms with Crippen LogP contribution in [0.4, 0.5) is 0 Å². The van der Waals surface area contributed by atoms with E-state index in [1.54, 1.807) is 42.9 Å². The summed E-state index contributed by atoms with van der Waals surface area (Å²) in [7, 11) is 0. The molecule has 12 aromatic carbocycles. The van der Waals surface area contributed by atoms with Gasteiger partial charge in [0, 0.05) is 188 Å². The fourth-order valence-corrected chi connectivity index (χ4v) is 14.3. The van der Waals surface area contributed by atoms with Crippen LogP contribution >= 0.6 is 0 Å². The van der Waals surface area contributed by atoms with Crippen LogP contribution in [-0.4, -0.2) is 90.8 Å². The number of rotatable bonds is 17. The summed E-state index contributed by atoms with van der Waals surface area (Å²) in [5.74, 6) is -0.266. The summed E-state index contributed by atoms with van der Waals surface area (Å²) in [4.78, 5) is 104. The Balaban J connectivity index is 0.000000300. The van der Waals surface area contributed by atoms with Gasteiger partial charge in [-0.1, -0.05) is 275 Å². The van der Waals surface area contributed by atoms with Crippen molar-refractivity contribution >= 4 is 78.6 Å². The summed E-state index contributed by atoms with van der Waals surface area (Å²) in [6.45, 7) is 17.9. The average molecular weight is 2870 g/mol. The van der Waals surface area contributed by atoms with Gasteiger partial charge < -0.3 is 45.3 Å². The number of ketones is 7. The average Bonchev–Trinajstić information content (AvgIpc) is 0.911. The zero-order valence-electron chi connectivity index (χ0n) is 84.5. The molecule has 1 aliphatic rings. The Kier molecular flexibility index (Phi) is 55.7. The van der Waals surface area contributed by atoms with Gasteiger partial charge in [0.25, 0.3) is 0 Å². The maximum atomic E-state index is 12.4. The number of aromatic nitrogens is 6. The van der Waals surface area contributed by atoms with Crippen LogP contribution < -0.4 is 0 Å². The van der Waals surface area contributed by atoms with E-state index in [-0.39, 0.29) is 169 Å². The summed E-state index contributed by atoms with van der Waals surface area (Å²) >= 11 is 0. The van der Waals surface area contributed by atoms with Crippen LogP contribution in [0.1, 0.15) is 154 Å². The maximum Gasteiger partial charge on any atom is 0.194 e. The van der Waals surface area contributed by atoms with E-state index < -0.39 is 0 Å². The quantitative estimate of drug-likeness (QED) is 0.0285. The third-order valence-corrected chi connectivity index (χ3v) is 21.0. The molecule has 150 heavy (non-hydrogen) atoms. The molecule has 0 bridgehead atoms. The van der Waals surface area contributed by atoms with E-state index in [1.165, 1.54) is 130 Å². The molecule has 4 N–H and O–H groups in total. The van der Waals surface area contributed by atoms with E-state index >= 15 is 0 Å². The van der Waals surface area contributed by atoms with E-state index in [9.17, 15) is 33.6 Å². The van der Waals surface area contributed by atoms with Crippen molar-refractivity contribution in [2.75, 3.05) is 0 Å². The Labute approximate surface area is 946 Å². The third-order valence-electron chi connectivity index (χ3n) is 21.0. The van der Waals surface area contributed by atoms with Crippen molar-refractivity contribution in [3.05, 3.63) is 523 Å². The van der Waals surface area contributed by atoms with Crippen LogP contribution in [0.15, 0.2) is 442 Å². The van der Waals surface area contributed by atoms with Crippen LogP contribution in [0.2, 0.25) is 0 Å². The van der Waals surface area contributed by atoms with Crippen molar-refractivity contribution in [1.82, 2.24) is 29.9 Å². The minimum absolute atomic E-state index is 0. The Hall–Kier alpha value is -14.8. The van der Waals surface area contributed by atoms with Gasteiger partial charge in [-0.05, 0) is 141 Å². The SMILES string of the molecule is CC(=O)C=C(C)O.CC(=O)C=C(C)O.CC(=O)C=C(C)O.CC(=O)C=C(C)O.CC(C)(C)c1c[c-]c(-c2ccc(C(=O)c3ccccc3)cn2)cc1.O=C(c1c[c-]c(-c2ccccn2)cc1)c1ccccc1.O=C(c1ccccc1)c1ccc(-c2[c-]cccc2)nc1.[C-]1=C(c2ccc3ccccc3n2)CCC1.[Ir].[Ir].[Ir].[Ir].[Ir].[c-]1ccccc1-c1cc(-c2ccccc2)c2ccccc2n1.[c-]1ccccc1-c1nccc2ccccc12. The summed E-state index contributed by atoms with van der Waals surface area (Å²) < 4.78 is 0. The number of allylic oxidation sites excluding steroid dienone is 10. The molecule has 18 aromatic rings. The minimum Gasteiger partial charge on any atom is -0.512 e. The summed E-state index contributed by atoms with van der Waals surface area (Å²) in [5.41, 5.74) is 21.3. The van der Waals surface area contributed by atoms with Gasteiger partial charge in [-0.2, -0.15) is 5.57 Å². The summed E-state index contributed by atoms with van der Waals surface area (Å²) in [5, 5.41) is 38.2. The molecular weight excluding hydrogens is 2760 g/mol. The topological polar surface area (TPSA) is 278 Å². The fraction of sp³-hybridized carbons (Fsp3) is 0.117. The molecule has 0 saturated heterocycles.